The Kier molecular flexibility index (Phi) is 5.04. The van der Waals surface area contributed by atoms with Crippen molar-refractivity contribution in [2.24, 2.45) is 0 Å². The average Bonchev–Trinajstić information content (AvgIpc) is 2.56. The number of carbonyl (C=O) groups excluding carboxylic acids is 1. The monoisotopic (exact) mass is 405 g/mol. The summed E-state index contributed by atoms with van der Waals surface area (Å²) >= 11 is 5.51. The summed E-state index contributed by atoms with van der Waals surface area (Å²) in [5.41, 5.74) is 1.76. The summed E-state index contributed by atoms with van der Waals surface area (Å²) in [4.78, 5) is 11.8. The molecule has 0 saturated heterocycles. The maximum atomic E-state index is 13.5. The smallest absolute Gasteiger partial charge is 0.416 e. The summed E-state index contributed by atoms with van der Waals surface area (Å²) < 4.78 is 108. The molecular formula is C14H4ClF8NO2. The molecule has 0 saturated carbocycles. The van der Waals surface area contributed by atoms with Crippen LogP contribution in [0.25, 0.3) is 0 Å². The van der Waals surface area contributed by atoms with Crippen molar-refractivity contribution in [3.63, 3.8) is 0 Å². The summed E-state index contributed by atoms with van der Waals surface area (Å²) in [6, 6.07) is 0.798. The quantitative estimate of drug-likeness (QED) is 0.194. The van der Waals surface area contributed by atoms with Crippen molar-refractivity contribution in [1.29, 1.82) is 0 Å². The minimum absolute atomic E-state index is 0.330. The first-order chi connectivity index (χ1) is 11.9. The summed E-state index contributed by atoms with van der Waals surface area (Å²) in [6.45, 7) is 0. The van der Waals surface area contributed by atoms with Crippen molar-refractivity contribution in [3.8, 4) is 5.75 Å². The van der Waals surface area contributed by atoms with Crippen LogP contribution < -0.4 is 10.5 Å². The van der Waals surface area contributed by atoms with E-state index in [1.54, 1.807) is 0 Å². The number of esters is 1. The van der Waals surface area contributed by atoms with Crippen molar-refractivity contribution in [2.45, 2.75) is 6.18 Å². The fourth-order valence-electron chi connectivity index (χ4n) is 1.82. The van der Waals surface area contributed by atoms with Crippen LogP contribution in [0.5, 0.6) is 5.75 Å². The molecule has 0 heterocycles. The van der Waals surface area contributed by atoms with Crippen LogP contribution >= 0.6 is 11.6 Å². The Labute approximate surface area is 143 Å². The van der Waals surface area contributed by atoms with Crippen molar-refractivity contribution >= 4 is 23.3 Å². The van der Waals surface area contributed by atoms with Gasteiger partial charge < -0.3 is 10.5 Å². The fraction of sp³-hybridized carbons (Fsp3) is 0.0714. The first-order valence-electron chi connectivity index (χ1n) is 6.26. The minimum atomic E-state index is -4.92. The van der Waals surface area contributed by atoms with Crippen LogP contribution in [0.2, 0.25) is 5.02 Å². The number of ether oxygens (including phenoxy) is 1. The molecule has 0 radical (unpaired) electrons. The number of halogens is 9. The fourth-order valence-corrected chi connectivity index (χ4v) is 2.06. The number of hydrogen-bond acceptors (Lipinski definition) is 3. The van der Waals surface area contributed by atoms with E-state index in [2.05, 4.69) is 4.74 Å². The van der Waals surface area contributed by atoms with Crippen molar-refractivity contribution in [1.82, 2.24) is 0 Å². The highest BCUT2D eigenvalue weighted by atomic mass is 35.5. The normalized spacial score (nSPS) is 11.6. The first kappa shape index (κ1) is 19.8. The third-order valence-electron chi connectivity index (χ3n) is 3.07. The van der Waals surface area contributed by atoms with Crippen molar-refractivity contribution < 1.29 is 44.7 Å². The van der Waals surface area contributed by atoms with Gasteiger partial charge in [0.1, 0.15) is 0 Å². The van der Waals surface area contributed by atoms with Gasteiger partial charge in [0.05, 0.1) is 21.8 Å². The summed E-state index contributed by atoms with van der Waals surface area (Å²) in [7, 11) is 0. The zero-order valence-corrected chi connectivity index (χ0v) is 12.7. The Morgan fingerprint density at radius 3 is 1.85 bits per heavy atom. The number of nitrogens with two attached hydrogens (primary N) is 1. The van der Waals surface area contributed by atoms with Gasteiger partial charge in [0.2, 0.25) is 34.8 Å². The molecule has 2 rings (SSSR count). The Morgan fingerprint density at radius 2 is 1.38 bits per heavy atom. The van der Waals surface area contributed by atoms with Crippen LogP contribution in [0.3, 0.4) is 0 Å². The maximum absolute atomic E-state index is 13.5. The highest BCUT2D eigenvalue weighted by Gasteiger charge is 2.35. The van der Waals surface area contributed by atoms with E-state index >= 15 is 0 Å². The Bertz CT molecular complexity index is 884. The number of nitrogen functional groups attached to an aromatic ring is 1. The number of rotatable bonds is 2. The van der Waals surface area contributed by atoms with Gasteiger partial charge in [-0.3, -0.25) is 0 Å². The number of hydrogen-bond donors (Lipinski definition) is 1. The van der Waals surface area contributed by atoms with Gasteiger partial charge in [0, 0.05) is 0 Å². The van der Waals surface area contributed by atoms with Crippen LogP contribution in [-0.4, -0.2) is 5.97 Å². The van der Waals surface area contributed by atoms with Crippen molar-refractivity contribution in [2.75, 3.05) is 5.73 Å². The highest BCUT2D eigenvalue weighted by molar-refractivity contribution is 6.36. The Morgan fingerprint density at radius 1 is 0.923 bits per heavy atom. The van der Waals surface area contributed by atoms with Gasteiger partial charge in [0.15, 0.2) is 0 Å². The molecular weight excluding hydrogens is 402 g/mol. The van der Waals surface area contributed by atoms with Crippen LogP contribution in [0, 0.1) is 29.1 Å². The van der Waals surface area contributed by atoms with Gasteiger partial charge in [-0.2, -0.15) is 22.0 Å². The van der Waals surface area contributed by atoms with Crippen LogP contribution in [0.15, 0.2) is 12.1 Å². The SMILES string of the molecule is Nc1c(C(F)(F)F)ccc(C(=O)Oc2c(F)c(F)c(F)c(F)c2F)c1Cl. The van der Waals surface area contributed by atoms with Gasteiger partial charge >= 0.3 is 12.1 Å². The summed E-state index contributed by atoms with van der Waals surface area (Å²) in [5.74, 6) is -15.9. The maximum Gasteiger partial charge on any atom is 0.418 e. The van der Waals surface area contributed by atoms with E-state index in [9.17, 15) is 39.9 Å². The molecule has 26 heavy (non-hydrogen) atoms. The molecule has 12 heteroatoms. The van der Waals surface area contributed by atoms with E-state index in [1.165, 1.54) is 0 Å². The number of carbonyl (C=O) groups is 1. The molecule has 0 aromatic heterocycles. The molecule has 2 N–H and O–H groups in total. The predicted molar refractivity (Wildman–Crippen MR) is 72.1 cm³/mol. The average molecular weight is 406 g/mol. The lowest BCUT2D eigenvalue weighted by Gasteiger charge is -2.14. The Balaban J connectivity index is 2.49. The number of benzene rings is 2. The van der Waals surface area contributed by atoms with Gasteiger partial charge in [-0.25, -0.2) is 18.0 Å². The first-order valence-corrected chi connectivity index (χ1v) is 6.64. The van der Waals surface area contributed by atoms with Gasteiger partial charge in [-0.05, 0) is 12.1 Å². The molecule has 0 bridgehead atoms. The van der Waals surface area contributed by atoms with E-state index in [-0.39, 0.29) is 0 Å². The molecule has 0 unspecified atom stereocenters. The number of alkyl halides is 3. The third kappa shape index (κ3) is 3.26. The zero-order chi connectivity index (χ0) is 20.0. The largest absolute Gasteiger partial charge is 0.418 e. The van der Waals surface area contributed by atoms with Crippen molar-refractivity contribution in [3.05, 3.63) is 57.4 Å². The number of anilines is 1. The van der Waals surface area contributed by atoms with E-state index in [0.717, 1.165) is 0 Å². The molecule has 0 aliphatic rings. The second kappa shape index (κ2) is 6.63. The topological polar surface area (TPSA) is 52.3 Å². The molecule has 0 atom stereocenters. The zero-order valence-electron chi connectivity index (χ0n) is 12.0. The van der Waals surface area contributed by atoms with E-state index in [0.29, 0.717) is 12.1 Å². The molecule has 2 aromatic rings. The van der Waals surface area contributed by atoms with E-state index in [1.807, 2.05) is 0 Å². The lowest BCUT2D eigenvalue weighted by Crippen LogP contribution is -2.16. The molecule has 140 valence electrons. The van der Waals surface area contributed by atoms with Crippen LogP contribution in [0.4, 0.5) is 40.8 Å². The molecule has 0 spiro atoms. The molecule has 0 fully saturated rings. The summed E-state index contributed by atoms with van der Waals surface area (Å²) in [6.07, 6.45) is -4.92. The van der Waals surface area contributed by atoms with Gasteiger partial charge in [-0.1, -0.05) is 11.6 Å². The second-order valence-electron chi connectivity index (χ2n) is 4.67. The molecule has 0 aliphatic carbocycles. The van der Waals surface area contributed by atoms with E-state index in [4.69, 9.17) is 17.3 Å². The molecule has 2 aromatic carbocycles. The minimum Gasteiger partial charge on any atom is -0.416 e. The van der Waals surface area contributed by atoms with Crippen LogP contribution in [-0.2, 0) is 6.18 Å². The highest BCUT2D eigenvalue weighted by Crippen LogP contribution is 2.39. The third-order valence-corrected chi connectivity index (χ3v) is 3.48. The standard InChI is InChI=1S/C14H4ClF8NO2/c15-5-3(1-2-4(11(5)24)14(21,22)23)13(25)26-12-9(19)7(17)6(16)8(18)10(12)20/h1-2H,24H2. The molecule has 3 nitrogen and oxygen atoms in total. The lowest BCUT2D eigenvalue weighted by molar-refractivity contribution is -0.136. The summed E-state index contributed by atoms with van der Waals surface area (Å²) in [5, 5.41) is -0.978. The predicted octanol–water partition coefficient (Wildman–Crippen LogP) is 4.86. The van der Waals surface area contributed by atoms with Crippen LogP contribution in [0.1, 0.15) is 15.9 Å². The Hall–Kier alpha value is -2.56. The van der Waals surface area contributed by atoms with Gasteiger partial charge in [0.25, 0.3) is 0 Å². The molecule has 0 aliphatic heterocycles. The van der Waals surface area contributed by atoms with E-state index < -0.39 is 68.8 Å². The van der Waals surface area contributed by atoms with Gasteiger partial charge in [-0.15, -0.1) is 0 Å². The lowest BCUT2D eigenvalue weighted by atomic mass is 10.1. The molecule has 0 amide bonds. The second-order valence-corrected chi connectivity index (χ2v) is 5.05.